The number of rotatable bonds is 1. The first kappa shape index (κ1) is 21.1. The zero-order chi connectivity index (χ0) is 23.9. The molecule has 3 aliphatic carbocycles. The highest BCUT2D eigenvalue weighted by atomic mass is 16.7. The molecule has 6 aliphatic rings. The fraction of sp³-hybridized carbons (Fsp3) is 0.731. The second-order valence-corrected chi connectivity index (χ2v) is 12.2. The predicted octanol–water partition coefficient (Wildman–Crippen LogP) is 3.08. The Hall–Kier alpha value is -2.19. The molecule has 4 heterocycles. The Bertz CT molecular complexity index is 1120. The van der Waals surface area contributed by atoms with Gasteiger partial charge in [-0.2, -0.15) is 0 Å². The number of hydrogen-bond acceptors (Lipinski definition) is 8. The van der Waals surface area contributed by atoms with E-state index < -0.39 is 39.8 Å². The molecule has 1 aromatic rings. The molecule has 9 atom stereocenters. The Labute approximate surface area is 197 Å². The third-order valence-electron chi connectivity index (χ3n) is 10.8. The van der Waals surface area contributed by atoms with E-state index in [2.05, 4.69) is 6.92 Å². The molecular formula is C26H30O8. The molecule has 3 saturated carbocycles. The van der Waals surface area contributed by atoms with Crippen molar-refractivity contribution in [1.29, 1.82) is 0 Å². The lowest BCUT2D eigenvalue weighted by Gasteiger charge is -2.64. The van der Waals surface area contributed by atoms with Gasteiger partial charge in [0.25, 0.3) is 0 Å². The Morgan fingerprint density at radius 2 is 1.76 bits per heavy atom. The molecule has 6 fully saturated rings. The Balaban J connectivity index is 1.42. The SMILES string of the molecule is CC1(C)C(=O)CC2[C@]34O[C@@]2(O)[C@]2(OC(=O)CCC12)C3CC[C@@]1(C)C(c2ccoc2)OC(=O)CC14. The minimum atomic E-state index is -1.72. The smallest absolute Gasteiger partial charge is 0.306 e. The number of ketones is 1. The summed E-state index contributed by atoms with van der Waals surface area (Å²) >= 11 is 0. The van der Waals surface area contributed by atoms with Gasteiger partial charge < -0.3 is 23.7 Å². The largest absolute Gasteiger partial charge is 0.472 e. The average Bonchev–Trinajstić information content (AvgIpc) is 3.40. The van der Waals surface area contributed by atoms with Gasteiger partial charge in [0, 0.05) is 47.0 Å². The van der Waals surface area contributed by atoms with E-state index in [1.807, 2.05) is 19.9 Å². The average molecular weight is 471 g/mol. The van der Waals surface area contributed by atoms with Crippen molar-refractivity contribution >= 4 is 17.7 Å². The van der Waals surface area contributed by atoms with Crippen LogP contribution in [0.5, 0.6) is 0 Å². The van der Waals surface area contributed by atoms with Crippen molar-refractivity contribution in [3.8, 4) is 0 Å². The summed E-state index contributed by atoms with van der Waals surface area (Å²) in [6, 6.07) is 1.81. The van der Waals surface area contributed by atoms with Gasteiger partial charge in [0.2, 0.25) is 5.79 Å². The van der Waals surface area contributed by atoms with Gasteiger partial charge in [0.1, 0.15) is 11.9 Å². The van der Waals surface area contributed by atoms with Crippen molar-refractivity contribution in [2.24, 2.45) is 34.5 Å². The molecule has 5 unspecified atom stereocenters. The standard InChI is InChI=1S/C26H30O8/c1-22(2)14-4-5-19(28)33-25(14)15-6-8-23(3)16(11-20(29)32-21(23)13-7-9-31-12-13)24(15)17(10-18(22)27)26(25,30)34-24/h7,9,12,14-17,21,30H,4-6,8,10-11H2,1-3H3/t14?,15?,16?,17?,21?,23-,24+,25-,26-/m1/s1. The first-order valence-corrected chi connectivity index (χ1v) is 12.4. The Morgan fingerprint density at radius 3 is 2.50 bits per heavy atom. The minimum absolute atomic E-state index is 0.0546. The fourth-order valence-electron chi connectivity index (χ4n) is 9.37. The number of fused-ring (bicyclic) bond motifs is 1. The summed E-state index contributed by atoms with van der Waals surface area (Å²) in [6.45, 7) is 5.93. The predicted molar refractivity (Wildman–Crippen MR) is 114 cm³/mol. The third kappa shape index (κ3) is 1.98. The fourth-order valence-corrected chi connectivity index (χ4v) is 9.37. The minimum Gasteiger partial charge on any atom is -0.472 e. The van der Waals surface area contributed by atoms with Gasteiger partial charge in [-0.05, 0) is 25.3 Å². The van der Waals surface area contributed by atoms with Gasteiger partial charge in [0.15, 0.2) is 5.60 Å². The van der Waals surface area contributed by atoms with E-state index in [0.29, 0.717) is 19.3 Å². The van der Waals surface area contributed by atoms with Crippen molar-refractivity contribution in [2.45, 2.75) is 82.4 Å². The second-order valence-electron chi connectivity index (χ2n) is 12.2. The van der Waals surface area contributed by atoms with E-state index in [1.54, 1.807) is 12.5 Å². The molecule has 0 aromatic carbocycles. The zero-order valence-electron chi connectivity index (χ0n) is 19.7. The van der Waals surface area contributed by atoms with E-state index in [4.69, 9.17) is 18.6 Å². The third-order valence-corrected chi connectivity index (χ3v) is 10.8. The van der Waals surface area contributed by atoms with Gasteiger partial charge in [-0.3, -0.25) is 14.4 Å². The van der Waals surface area contributed by atoms with Crippen LogP contribution in [0.3, 0.4) is 0 Å². The molecule has 0 radical (unpaired) electrons. The molecule has 0 amide bonds. The first-order valence-electron chi connectivity index (χ1n) is 12.4. The summed E-state index contributed by atoms with van der Waals surface area (Å²) in [6.07, 6.45) is 5.00. The van der Waals surface area contributed by atoms with Crippen LogP contribution >= 0.6 is 0 Å². The van der Waals surface area contributed by atoms with Crippen molar-refractivity contribution in [2.75, 3.05) is 0 Å². The van der Waals surface area contributed by atoms with E-state index >= 15 is 0 Å². The van der Waals surface area contributed by atoms with Gasteiger partial charge in [-0.1, -0.05) is 20.8 Å². The molecule has 34 heavy (non-hydrogen) atoms. The van der Waals surface area contributed by atoms with E-state index in [-0.39, 0.29) is 54.7 Å². The van der Waals surface area contributed by atoms with Gasteiger partial charge in [-0.25, -0.2) is 0 Å². The van der Waals surface area contributed by atoms with Crippen molar-refractivity contribution in [3.63, 3.8) is 0 Å². The van der Waals surface area contributed by atoms with Crippen LogP contribution in [0.2, 0.25) is 0 Å². The topological polar surface area (TPSA) is 112 Å². The lowest BCUT2D eigenvalue weighted by Crippen LogP contribution is -2.72. The molecule has 3 aliphatic heterocycles. The molecule has 4 bridgehead atoms. The van der Waals surface area contributed by atoms with E-state index in [9.17, 15) is 19.5 Å². The van der Waals surface area contributed by atoms with Crippen molar-refractivity contribution in [1.82, 2.24) is 0 Å². The van der Waals surface area contributed by atoms with Crippen LogP contribution in [0.4, 0.5) is 0 Å². The van der Waals surface area contributed by atoms with Gasteiger partial charge >= 0.3 is 11.9 Å². The van der Waals surface area contributed by atoms with Gasteiger partial charge in [0.05, 0.1) is 30.5 Å². The highest BCUT2D eigenvalue weighted by Crippen LogP contribution is 2.82. The van der Waals surface area contributed by atoms with Gasteiger partial charge in [-0.15, -0.1) is 0 Å². The second kappa shape index (κ2) is 5.95. The highest BCUT2D eigenvalue weighted by Gasteiger charge is 2.94. The highest BCUT2D eigenvalue weighted by molar-refractivity contribution is 5.87. The van der Waals surface area contributed by atoms with Crippen LogP contribution in [0, 0.1) is 34.5 Å². The molecular weight excluding hydrogens is 440 g/mol. The summed E-state index contributed by atoms with van der Waals surface area (Å²) in [5.41, 5.74) is -2.65. The molecule has 1 N–H and O–H groups in total. The number of aliphatic hydroxyl groups is 1. The lowest BCUT2D eigenvalue weighted by molar-refractivity contribution is -0.425. The van der Waals surface area contributed by atoms with Crippen molar-refractivity contribution < 1.29 is 38.1 Å². The van der Waals surface area contributed by atoms with E-state index in [1.165, 1.54) is 0 Å². The number of ether oxygens (including phenoxy) is 3. The molecule has 3 saturated heterocycles. The number of hydrogen-bond donors (Lipinski definition) is 1. The normalized spacial score (nSPS) is 52.4. The lowest BCUT2D eigenvalue weighted by atomic mass is 9.47. The maximum absolute atomic E-state index is 13.6. The van der Waals surface area contributed by atoms with Crippen LogP contribution in [0.25, 0.3) is 0 Å². The maximum Gasteiger partial charge on any atom is 0.306 e. The number of Topliss-reactive ketones (excluding diaryl/α,β-unsaturated/α-hetero) is 1. The maximum atomic E-state index is 13.6. The van der Waals surface area contributed by atoms with Crippen LogP contribution in [0.1, 0.15) is 71.0 Å². The Kier molecular flexibility index (Phi) is 3.70. The molecule has 8 nitrogen and oxygen atoms in total. The zero-order valence-corrected chi connectivity index (χ0v) is 19.7. The number of carbonyl (C=O) groups is 3. The van der Waals surface area contributed by atoms with Crippen LogP contribution < -0.4 is 0 Å². The van der Waals surface area contributed by atoms with Crippen LogP contribution in [-0.4, -0.2) is 39.8 Å². The number of cyclic esters (lactones) is 1. The molecule has 182 valence electrons. The van der Waals surface area contributed by atoms with Crippen LogP contribution in [-0.2, 0) is 28.6 Å². The Morgan fingerprint density at radius 1 is 0.971 bits per heavy atom. The molecule has 1 aromatic heterocycles. The first-order chi connectivity index (χ1) is 16.0. The quantitative estimate of drug-likeness (QED) is 0.623. The summed E-state index contributed by atoms with van der Waals surface area (Å²) in [5.74, 6) is -3.81. The van der Waals surface area contributed by atoms with Crippen LogP contribution in [0.15, 0.2) is 23.0 Å². The molecule has 8 heteroatoms. The summed E-state index contributed by atoms with van der Waals surface area (Å²) < 4.78 is 24.0. The number of furan rings is 1. The number of carbonyl (C=O) groups excluding carboxylic acids is 3. The summed E-state index contributed by atoms with van der Waals surface area (Å²) in [4.78, 5) is 39.2. The van der Waals surface area contributed by atoms with E-state index in [0.717, 1.165) is 5.56 Å². The monoisotopic (exact) mass is 470 g/mol. The molecule has 7 rings (SSSR count). The summed E-state index contributed by atoms with van der Waals surface area (Å²) in [5, 5.41) is 12.1. The molecule has 2 spiro atoms. The number of esters is 2. The van der Waals surface area contributed by atoms with Crippen molar-refractivity contribution in [3.05, 3.63) is 24.2 Å². The summed E-state index contributed by atoms with van der Waals surface area (Å²) in [7, 11) is 0.